The van der Waals surface area contributed by atoms with Crippen molar-refractivity contribution in [2.24, 2.45) is 5.73 Å². The molecule has 0 unspecified atom stereocenters. The zero-order valence-corrected chi connectivity index (χ0v) is 8.97. The fourth-order valence-electron chi connectivity index (χ4n) is 1.55. The summed E-state index contributed by atoms with van der Waals surface area (Å²) in [6.07, 6.45) is 0. The van der Waals surface area contributed by atoms with Gasteiger partial charge in [-0.25, -0.2) is 4.68 Å². The van der Waals surface area contributed by atoms with Crippen molar-refractivity contribution < 1.29 is 4.79 Å². The fraction of sp³-hybridized carbons (Fsp3) is 0.300. The van der Waals surface area contributed by atoms with Gasteiger partial charge in [0, 0.05) is 19.2 Å². The van der Waals surface area contributed by atoms with E-state index in [4.69, 9.17) is 5.73 Å². The maximum atomic E-state index is 11.4. The summed E-state index contributed by atoms with van der Waals surface area (Å²) in [5, 5.41) is 10.5. The number of fused-ring (bicyclic) bond motifs is 1. The van der Waals surface area contributed by atoms with Gasteiger partial charge in [0.2, 0.25) is 0 Å². The Hall–Kier alpha value is -1.95. The van der Waals surface area contributed by atoms with Gasteiger partial charge in [-0.1, -0.05) is 5.21 Å². The number of rotatable bonds is 3. The lowest BCUT2D eigenvalue weighted by Crippen LogP contribution is -2.17. The van der Waals surface area contributed by atoms with Crippen molar-refractivity contribution in [3.05, 3.63) is 23.8 Å². The molecule has 0 spiro atoms. The third-order valence-corrected chi connectivity index (χ3v) is 2.34. The Morgan fingerprint density at radius 1 is 1.56 bits per heavy atom. The molecular formula is C10H13N5O. The highest BCUT2D eigenvalue weighted by Gasteiger charge is 2.08. The van der Waals surface area contributed by atoms with E-state index >= 15 is 0 Å². The molecule has 0 bridgehead atoms. The van der Waals surface area contributed by atoms with Gasteiger partial charge in [-0.3, -0.25) is 4.79 Å². The van der Waals surface area contributed by atoms with Crippen LogP contribution in [0.4, 0.5) is 0 Å². The molecule has 0 saturated carbocycles. The second kappa shape index (κ2) is 4.28. The van der Waals surface area contributed by atoms with E-state index in [1.54, 1.807) is 23.9 Å². The average Bonchev–Trinajstić information content (AvgIpc) is 2.71. The lowest BCUT2D eigenvalue weighted by Gasteiger charge is -2.00. The summed E-state index contributed by atoms with van der Waals surface area (Å²) in [6, 6.07) is 5.29. The third kappa shape index (κ3) is 1.74. The quantitative estimate of drug-likeness (QED) is 0.745. The standard InChI is InChI=1S/C10H13N5O/c1-12-10(16)7-2-3-9-8(6-7)13-14-15(9)5-4-11/h2-3,6H,4-5,11H2,1H3,(H,12,16). The van der Waals surface area contributed by atoms with Crippen LogP contribution in [0, 0.1) is 0 Å². The van der Waals surface area contributed by atoms with E-state index in [9.17, 15) is 4.79 Å². The molecule has 1 aromatic carbocycles. The summed E-state index contributed by atoms with van der Waals surface area (Å²) in [5.74, 6) is -0.129. The molecule has 2 aromatic rings. The van der Waals surface area contributed by atoms with Gasteiger partial charge >= 0.3 is 0 Å². The first-order valence-electron chi connectivity index (χ1n) is 5.01. The van der Waals surface area contributed by atoms with Gasteiger partial charge in [-0.2, -0.15) is 0 Å². The van der Waals surface area contributed by atoms with E-state index in [0.717, 1.165) is 5.52 Å². The molecule has 0 radical (unpaired) electrons. The number of amides is 1. The molecule has 6 heteroatoms. The van der Waals surface area contributed by atoms with Gasteiger partial charge in [0.25, 0.3) is 5.91 Å². The molecule has 3 N–H and O–H groups in total. The normalized spacial score (nSPS) is 10.6. The largest absolute Gasteiger partial charge is 0.355 e. The van der Waals surface area contributed by atoms with Crippen molar-refractivity contribution in [3.63, 3.8) is 0 Å². The minimum atomic E-state index is -0.129. The summed E-state index contributed by atoms with van der Waals surface area (Å²) in [6.45, 7) is 1.13. The van der Waals surface area contributed by atoms with Crippen LogP contribution in [0.3, 0.4) is 0 Å². The zero-order chi connectivity index (χ0) is 11.5. The summed E-state index contributed by atoms with van der Waals surface area (Å²) in [5.41, 5.74) is 7.63. The van der Waals surface area contributed by atoms with E-state index in [1.165, 1.54) is 0 Å². The SMILES string of the molecule is CNC(=O)c1ccc2c(c1)nnn2CCN. The van der Waals surface area contributed by atoms with Gasteiger partial charge in [-0.15, -0.1) is 5.10 Å². The summed E-state index contributed by atoms with van der Waals surface area (Å²) < 4.78 is 1.73. The van der Waals surface area contributed by atoms with Crippen LogP contribution < -0.4 is 11.1 Å². The molecule has 0 aliphatic heterocycles. The van der Waals surface area contributed by atoms with Crippen LogP contribution in [0.25, 0.3) is 11.0 Å². The van der Waals surface area contributed by atoms with Crippen LogP contribution in [0.2, 0.25) is 0 Å². The lowest BCUT2D eigenvalue weighted by atomic mass is 10.2. The van der Waals surface area contributed by atoms with Gasteiger partial charge in [-0.05, 0) is 18.2 Å². The minimum absolute atomic E-state index is 0.129. The third-order valence-electron chi connectivity index (χ3n) is 2.34. The van der Waals surface area contributed by atoms with E-state index in [2.05, 4.69) is 15.6 Å². The van der Waals surface area contributed by atoms with Crippen molar-refractivity contribution in [1.82, 2.24) is 20.3 Å². The maximum Gasteiger partial charge on any atom is 0.251 e. The molecule has 0 aliphatic carbocycles. The lowest BCUT2D eigenvalue weighted by molar-refractivity contribution is 0.0963. The van der Waals surface area contributed by atoms with Crippen molar-refractivity contribution >= 4 is 16.9 Å². The second-order valence-electron chi connectivity index (χ2n) is 3.38. The summed E-state index contributed by atoms with van der Waals surface area (Å²) >= 11 is 0. The first kappa shape index (κ1) is 10.6. The number of carbonyl (C=O) groups excluding carboxylic acids is 1. The predicted molar refractivity (Wildman–Crippen MR) is 60.0 cm³/mol. The van der Waals surface area contributed by atoms with Crippen LogP contribution in [0.1, 0.15) is 10.4 Å². The van der Waals surface area contributed by atoms with Crippen LogP contribution in [0.15, 0.2) is 18.2 Å². The number of hydrogen-bond acceptors (Lipinski definition) is 4. The van der Waals surface area contributed by atoms with Crippen LogP contribution in [-0.2, 0) is 6.54 Å². The molecule has 0 fully saturated rings. The molecule has 6 nitrogen and oxygen atoms in total. The molecule has 0 saturated heterocycles. The van der Waals surface area contributed by atoms with Crippen LogP contribution in [0.5, 0.6) is 0 Å². The molecule has 1 amide bonds. The van der Waals surface area contributed by atoms with Crippen LogP contribution >= 0.6 is 0 Å². The highest BCUT2D eigenvalue weighted by molar-refractivity contribution is 5.97. The molecule has 0 atom stereocenters. The summed E-state index contributed by atoms with van der Waals surface area (Å²) in [7, 11) is 1.60. The number of benzene rings is 1. The van der Waals surface area contributed by atoms with E-state index in [0.29, 0.717) is 24.2 Å². The van der Waals surface area contributed by atoms with Crippen molar-refractivity contribution in [1.29, 1.82) is 0 Å². The Kier molecular flexibility index (Phi) is 2.82. The maximum absolute atomic E-state index is 11.4. The number of nitrogens with zero attached hydrogens (tertiary/aromatic N) is 3. The number of nitrogens with one attached hydrogen (secondary N) is 1. The number of nitrogens with two attached hydrogens (primary N) is 1. The van der Waals surface area contributed by atoms with Gasteiger partial charge in [0.05, 0.1) is 12.1 Å². The molecule has 16 heavy (non-hydrogen) atoms. The minimum Gasteiger partial charge on any atom is -0.355 e. The fourth-order valence-corrected chi connectivity index (χ4v) is 1.55. The Balaban J connectivity index is 2.44. The van der Waals surface area contributed by atoms with Gasteiger partial charge in [0.15, 0.2) is 0 Å². The second-order valence-corrected chi connectivity index (χ2v) is 3.38. The molecule has 1 aromatic heterocycles. The predicted octanol–water partition coefficient (Wildman–Crippen LogP) is -0.250. The summed E-state index contributed by atoms with van der Waals surface area (Å²) in [4.78, 5) is 11.4. The Labute approximate surface area is 92.4 Å². The van der Waals surface area contributed by atoms with E-state index < -0.39 is 0 Å². The van der Waals surface area contributed by atoms with Crippen LogP contribution in [-0.4, -0.2) is 34.5 Å². The highest BCUT2D eigenvalue weighted by atomic mass is 16.1. The average molecular weight is 219 g/mol. The zero-order valence-electron chi connectivity index (χ0n) is 8.97. The first-order valence-corrected chi connectivity index (χ1v) is 5.01. The molecule has 0 aliphatic rings. The molecule has 84 valence electrons. The monoisotopic (exact) mass is 219 g/mol. The van der Waals surface area contributed by atoms with E-state index in [-0.39, 0.29) is 5.91 Å². The molecule has 2 rings (SSSR count). The Morgan fingerprint density at radius 2 is 2.38 bits per heavy atom. The smallest absolute Gasteiger partial charge is 0.251 e. The number of aromatic nitrogens is 3. The van der Waals surface area contributed by atoms with E-state index in [1.807, 2.05) is 6.07 Å². The van der Waals surface area contributed by atoms with Crippen molar-refractivity contribution in [3.8, 4) is 0 Å². The topological polar surface area (TPSA) is 85.8 Å². The number of hydrogen-bond donors (Lipinski definition) is 2. The number of carbonyl (C=O) groups is 1. The first-order chi connectivity index (χ1) is 7.76. The Bertz CT molecular complexity index is 519. The van der Waals surface area contributed by atoms with Crippen molar-refractivity contribution in [2.45, 2.75) is 6.54 Å². The van der Waals surface area contributed by atoms with Gasteiger partial charge in [0.1, 0.15) is 5.52 Å². The van der Waals surface area contributed by atoms with Crippen molar-refractivity contribution in [2.75, 3.05) is 13.6 Å². The highest BCUT2D eigenvalue weighted by Crippen LogP contribution is 2.13. The molecule has 1 heterocycles. The van der Waals surface area contributed by atoms with Gasteiger partial charge < -0.3 is 11.1 Å². The molecular weight excluding hydrogens is 206 g/mol. The Morgan fingerprint density at radius 3 is 3.06 bits per heavy atom.